The first-order chi connectivity index (χ1) is 12.6. The third-order valence-electron chi connectivity index (χ3n) is 4.97. The zero-order chi connectivity index (χ0) is 18.4. The lowest BCUT2D eigenvalue weighted by Crippen LogP contribution is -2.36. The van der Waals surface area contributed by atoms with Gasteiger partial charge in [-0.1, -0.05) is 12.1 Å². The molecular weight excluding hydrogens is 335 g/mol. The highest BCUT2D eigenvalue weighted by atomic mass is 19.1. The van der Waals surface area contributed by atoms with E-state index in [1.165, 1.54) is 23.3 Å². The molecule has 1 atom stereocenters. The van der Waals surface area contributed by atoms with Crippen LogP contribution in [0.15, 0.2) is 30.6 Å². The van der Waals surface area contributed by atoms with Crippen molar-refractivity contribution in [3.8, 4) is 0 Å². The highest BCUT2D eigenvalue weighted by molar-refractivity contribution is 5.20. The molecule has 2 heterocycles. The van der Waals surface area contributed by atoms with Gasteiger partial charge in [-0.3, -0.25) is 0 Å². The van der Waals surface area contributed by atoms with Gasteiger partial charge in [-0.25, -0.2) is 4.39 Å². The van der Waals surface area contributed by atoms with E-state index in [2.05, 4.69) is 20.3 Å². The average Bonchev–Trinajstić information content (AvgIpc) is 3.07. The highest BCUT2D eigenvalue weighted by Crippen LogP contribution is 2.21. The van der Waals surface area contributed by atoms with Crippen molar-refractivity contribution in [3.05, 3.63) is 42.0 Å². The van der Waals surface area contributed by atoms with Crippen LogP contribution < -0.4 is 11.2 Å². The minimum atomic E-state index is -0.521. The van der Waals surface area contributed by atoms with E-state index >= 15 is 0 Å². The van der Waals surface area contributed by atoms with Crippen molar-refractivity contribution in [3.63, 3.8) is 0 Å². The van der Waals surface area contributed by atoms with Gasteiger partial charge in [-0.15, -0.1) is 5.10 Å². The maximum atomic E-state index is 12.9. The molecule has 26 heavy (non-hydrogen) atoms. The fourth-order valence-corrected chi connectivity index (χ4v) is 3.37. The summed E-state index contributed by atoms with van der Waals surface area (Å²) in [6, 6.07) is 6.10. The number of nitrogen functional groups attached to an aromatic ring is 1. The van der Waals surface area contributed by atoms with E-state index in [9.17, 15) is 9.50 Å². The number of likely N-dealkylation sites (tertiary alicyclic amines) is 1. The summed E-state index contributed by atoms with van der Waals surface area (Å²) in [5, 5.41) is 17.4. The molecule has 8 heteroatoms. The molecule has 2 aromatic rings. The summed E-state index contributed by atoms with van der Waals surface area (Å²) in [5.74, 6) is 6.39. The molecule has 0 amide bonds. The maximum absolute atomic E-state index is 12.9. The molecule has 1 aromatic carbocycles. The van der Waals surface area contributed by atoms with Crippen molar-refractivity contribution < 1.29 is 9.50 Å². The Labute approximate surface area is 153 Å². The molecule has 1 aromatic heterocycles. The molecule has 1 aliphatic heterocycles. The van der Waals surface area contributed by atoms with Crippen LogP contribution >= 0.6 is 0 Å². The predicted octanol–water partition coefficient (Wildman–Crippen LogP) is 1.77. The zero-order valence-electron chi connectivity index (χ0n) is 14.9. The number of nitrogens with zero attached hydrogens (tertiary/aromatic N) is 4. The van der Waals surface area contributed by atoms with E-state index < -0.39 is 6.10 Å². The van der Waals surface area contributed by atoms with Gasteiger partial charge >= 0.3 is 0 Å². The van der Waals surface area contributed by atoms with E-state index in [1.54, 1.807) is 12.1 Å². The minimum Gasteiger partial charge on any atom is -0.388 e. The molecule has 4 N–H and O–H groups in total. The van der Waals surface area contributed by atoms with Gasteiger partial charge in [0, 0.05) is 6.54 Å². The summed E-state index contributed by atoms with van der Waals surface area (Å²) in [6.07, 6.45) is 4.85. The maximum Gasteiger partial charge on any atom is 0.244 e. The molecule has 0 aliphatic carbocycles. The number of aliphatic hydroxyl groups is 1. The molecule has 0 bridgehead atoms. The fourth-order valence-electron chi connectivity index (χ4n) is 3.37. The van der Waals surface area contributed by atoms with Crippen LogP contribution in [0.2, 0.25) is 0 Å². The van der Waals surface area contributed by atoms with Gasteiger partial charge < -0.3 is 21.2 Å². The first-order valence-electron chi connectivity index (χ1n) is 9.16. The molecule has 1 aliphatic rings. The molecule has 7 nitrogen and oxygen atoms in total. The standard InChI is InChI=1S/C18H27FN6O/c19-16-5-3-15(4-6-16)17(26)2-1-9-24-10-7-14(8-11-24)12-21-18-22-13-25(20)23-18/h3-6,13-14,17,26H,1-2,7-12,20H2,(H,21,23). The van der Waals surface area contributed by atoms with E-state index in [-0.39, 0.29) is 5.82 Å². The topological polar surface area (TPSA) is 92.2 Å². The van der Waals surface area contributed by atoms with E-state index in [1.807, 2.05) is 0 Å². The summed E-state index contributed by atoms with van der Waals surface area (Å²) >= 11 is 0. The summed E-state index contributed by atoms with van der Waals surface area (Å²) < 4.78 is 12.9. The fraction of sp³-hybridized carbons (Fsp3) is 0.556. The Kier molecular flexibility index (Phi) is 6.40. The van der Waals surface area contributed by atoms with Gasteiger partial charge in [0.2, 0.25) is 5.95 Å². The van der Waals surface area contributed by atoms with Crippen molar-refractivity contribution in [2.24, 2.45) is 5.92 Å². The molecule has 142 valence electrons. The summed E-state index contributed by atoms with van der Waals surface area (Å²) in [5.41, 5.74) is 0.782. The number of hydrogen-bond donors (Lipinski definition) is 3. The Morgan fingerprint density at radius 1 is 1.27 bits per heavy atom. The number of rotatable bonds is 8. The molecular formula is C18H27FN6O. The third-order valence-corrected chi connectivity index (χ3v) is 4.97. The molecule has 0 radical (unpaired) electrons. The van der Waals surface area contributed by atoms with Crippen molar-refractivity contribution in [2.75, 3.05) is 37.3 Å². The van der Waals surface area contributed by atoms with Crippen LogP contribution in [0.5, 0.6) is 0 Å². The second-order valence-electron chi connectivity index (χ2n) is 6.92. The Bertz CT molecular complexity index is 669. The number of aliphatic hydroxyl groups excluding tert-OH is 1. The molecule has 0 spiro atoms. The molecule has 0 saturated carbocycles. The van der Waals surface area contributed by atoms with Crippen molar-refractivity contribution in [1.29, 1.82) is 0 Å². The van der Waals surface area contributed by atoms with Gasteiger partial charge in [0.25, 0.3) is 0 Å². The van der Waals surface area contributed by atoms with Gasteiger partial charge in [0.05, 0.1) is 6.10 Å². The first kappa shape index (κ1) is 18.6. The van der Waals surface area contributed by atoms with Crippen LogP contribution in [0.1, 0.15) is 37.4 Å². The number of piperidine rings is 1. The Morgan fingerprint density at radius 3 is 2.65 bits per heavy atom. The van der Waals surface area contributed by atoms with Crippen LogP contribution in [0.4, 0.5) is 10.3 Å². The van der Waals surface area contributed by atoms with Gasteiger partial charge in [-0.2, -0.15) is 9.77 Å². The van der Waals surface area contributed by atoms with E-state index in [0.717, 1.165) is 51.0 Å². The number of aromatic nitrogens is 3. The Balaban J connectivity index is 1.30. The third kappa shape index (κ3) is 5.40. The van der Waals surface area contributed by atoms with Crippen LogP contribution in [0, 0.1) is 11.7 Å². The summed E-state index contributed by atoms with van der Waals surface area (Å²) in [6.45, 7) is 3.98. The second-order valence-corrected chi connectivity index (χ2v) is 6.92. The van der Waals surface area contributed by atoms with Gasteiger partial charge in [0.1, 0.15) is 12.1 Å². The SMILES string of the molecule is Nn1cnc(NCC2CCN(CCCC(O)c3ccc(F)cc3)CC2)n1. The van der Waals surface area contributed by atoms with E-state index in [0.29, 0.717) is 18.3 Å². The minimum absolute atomic E-state index is 0.273. The zero-order valence-corrected chi connectivity index (χ0v) is 14.9. The number of hydrogen-bond acceptors (Lipinski definition) is 6. The lowest BCUT2D eigenvalue weighted by Gasteiger charge is -2.32. The molecule has 1 fully saturated rings. The number of halogens is 1. The average molecular weight is 362 g/mol. The van der Waals surface area contributed by atoms with Crippen molar-refractivity contribution in [1.82, 2.24) is 19.8 Å². The van der Waals surface area contributed by atoms with Crippen molar-refractivity contribution in [2.45, 2.75) is 31.8 Å². The van der Waals surface area contributed by atoms with Crippen LogP contribution in [0.25, 0.3) is 0 Å². The van der Waals surface area contributed by atoms with E-state index in [4.69, 9.17) is 5.84 Å². The quantitative estimate of drug-likeness (QED) is 0.620. The number of nitrogens with two attached hydrogens (primary N) is 1. The van der Waals surface area contributed by atoms with Crippen LogP contribution in [-0.2, 0) is 0 Å². The van der Waals surface area contributed by atoms with Crippen LogP contribution in [-0.4, -0.2) is 51.1 Å². The Hall–Kier alpha value is -2.19. The smallest absolute Gasteiger partial charge is 0.244 e. The number of nitrogens with one attached hydrogen (secondary N) is 1. The monoisotopic (exact) mass is 362 g/mol. The molecule has 1 unspecified atom stereocenters. The lowest BCUT2D eigenvalue weighted by atomic mass is 9.96. The predicted molar refractivity (Wildman–Crippen MR) is 98.4 cm³/mol. The normalized spacial score (nSPS) is 17.3. The Morgan fingerprint density at radius 2 is 2.00 bits per heavy atom. The largest absolute Gasteiger partial charge is 0.388 e. The summed E-state index contributed by atoms with van der Waals surface area (Å²) in [4.78, 5) is 7.71. The summed E-state index contributed by atoms with van der Waals surface area (Å²) in [7, 11) is 0. The number of anilines is 1. The first-order valence-corrected chi connectivity index (χ1v) is 9.16. The second kappa shape index (κ2) is 8.95. The molecule has 3 rings (SSSR count). The number of benzene rings is 1. The van der Waals surface area contributed by atoms with Crippen molar-refractivity contribution >= 4 is 5.95 Å². The lowest BCUT2D eigenvalue weighted by molar-refractivity contribution is 0.144. The van der Waals surface area contributed by atoms with Crippen LogP contribution in [0.3, 0.4) is 0 Å². The highest BCUT2D eigenvalue weighted by Gasteiger charge is 2.19. The van der Waals surface area contributed by atoms with Gasteiger partial charge in [0.15, 0.2) is 0 Å². The van der Waals surface area contributed by atoms with Gasteiger partial charge in [-0.05, 0) is 68.9 Å². The molecule has 1 saturated heterocycles.